The number of halogens is 2. The summed E-state index contributed by atoms with van der Waals surface area (Å²) in [5.74, 6) is -0.129. The maximum absolute atomic E-state index is 10.5. The van der Waals surface area contributed by atoms with Crippen LogP contribution >= 0.6 is 23.2 Å². The minimum atomic E-state index is -0.487. The number of nitrogens with one attached hydrogen (secondary N) is 1. The highest BCUT2D eigenvalue weighted by Crippen LogP contribution is 2.30. The lowest BCUT2D eigenvalue weighted by Gasteiger charge is -2.03. The van der Waals surface area contributed by atoms with Crippen LogP contribution in [-0.2, 0) is 0 Å². The third-order valence-corrected chi connectivity index (χ3v) is 3.04. The molecule has 21 heavy (non-hydrogen) atoms. The fraction of sp³-hybridized carbons (Fsp3) is 0. The molecule has 0 spiro atoms. The molecule has 0 heterocycles. The number of nitro groups is 1. The first-order chi connectivity index (χ1) is 9.97. The molecule has 0 bridgehead atoms. The number of non-ortho nitro benzene ring substituents is 1. The van der Waals surface area contributed by atoms with E-state index in [0.29, 0.717) is 16.3 Å². The maximum Gasteiger partial charge on any atom is 0.269 e. The predicted octanol–water partition coefficient (Wildman–Crippen LogP) is 4.05. The van der Waals surface area contributed by atoms with Crippen molar-refractivity contribution in [3.8, 4) is 5.75 Å². The molecule has 0 fully saturated rings. The summed E-state index contributed by atoms with van der Waals surface area (Å²) in [5.41, 5.74) is 3.57. The zero-order valence-electron chi connectivity index (χ0n) is 10.5. The van der Waals surface area contributed by atoms with Crippen LogP contribution in [0, 0.1) is 10.1 Å². The Hall–Kier alpha value is -2.31. The van der Waals surface area contributed by atoms with Crippen LogP contribution in [-0.4, -0.2) is 16.2 Å². The molecule has 0 aliphatic rings. The first-order valence-corrected chi connectivity index (χ1v) is 6.44. The van der Waals surface area contributed by atoms with Crippen LogP contribution in [0.25, 0.3) is 0 Å². The van der Waals surface area contributed by atoms with Gasteiger partial charge in [0.25, 0.3) is 5.69 Å². The number of aromatic hydroxyl groups is 1. The maximum atomic E-state index is 10.5. The number of phenolic OH excluding ortho intramolecular Hbond substituents is 1. The molecule has 8 heteroatoms. The van der Waals surface area contributed by atoms with E-state index in [9.17, 15) is 15.2 Å². The summed E-state index contributed by atoms with van der Waals surface area (Å²) in [6, 6.07) is 8.65. The molecule has 0 saturated heterocycles. The van der Waals surface area contributed by atoms with Crippen LogP contribution in [0.1, 0.15) is 5.56 Å². The number of nitrogens with zero attached hydrogens (tertiary/aromatic N) is 2. The summed E-state index contributed by atoms with van der Waals surface area (Å²) < 4.78 is 0. The molecule has 0 saturated carbocycles. The van der Waals surface area contributed by atoms with Crippen molar-refractivity contribution in [3.63, 3.8) is 0 Å². The van der Waals surface area contributed by atoms with Gasteiger partial charge in [0.15, 0.2) is 0 Å². The summed E-state index contributed by atoms with van der Waals surface area (Å²) in [5, 5.41) is 24.6. The van der Waals surface area contributed by atoms with E-state index in [4.69, 9.17) is 23.2 Å². The second-order valence-electron chi connectivity index (χ2n) is 4.00. The normalized spacial score (nSPS) is 10.8. The minimum Gasteiger partial charge on any atom is -0.506 e. The molecule has 0 unspecified atom stereocenters. The van der Waals surface area contributed by atoms with E-state index in [1.165, 1.54) is 42.6 Å². The first-order valence-electron chi connectivity index (χ1n) is 5.69. The quantitative estimate of drug-likeness (QED) is 0.504. The molecule has 0 aromatic heterocycles. The summed E-state index contributed by atoms with van der Waals surface area (Å²) in [6.07, 6.45) is 1.34. The Balaban J connectivity index is 2.10. The fourth-order valence-electron chi connectivity index (χ4n) is 1.52. The highest BCUT2D eigenvalue weighted by molar-refractivity contribution is 6.36. The van der Waals surface area contributed by atoms with E-state index in [1.807, 2.05) is 0 Å². The van der Waals surface area contributed by atoms with Gasteiger partial charge in [-0.05, 0) is 24.3 Å². The van der Waals surface area contributed by atoms with E-state index in [-0.39, 0.29) is 16.5 Å². The van der Waals surface area contributed by atoms with Crippen LogP contribution < -0.4 is 5.43 Å². The van der Waals surface area contributed by atoms with Crippen molar-refractivity contribution in [2.75, 3.05) is 5.43 Å². The van der Waals surface area contributed by atoms with Crippen LogP contribution in [0.2, 0.25) is 10.0 Å². The number of benzene rings is 2. The number of nitro benzene ring substituents is 1. The summed E-state index contributed by atoms with van der Waals surface area (Å²) in [7, 11) is 0. The van der Waals surface area contributed by atoms with Crippen LogP contribution in [0.15, 0.2) is 41.5 Å². The number of phenols is 1. The highest BCUT2D eigenvalue weighted by atomic mass is 35.5. The van der Waals surface area contributed by atoms with Crippen LogP contribution in [0.5, 0.6) is 5.75 Å². The van der Waals surface area contributed by atoms with E-state index in [0.717, 1.165) is 0 Å². The third kappa shape index (κ3) is 3.84. The summed E-state index contributed by atoms with van der Waals surface area (Å²) >= 11 is 11.6. The summed E-state index contributed by atoms with van der Waals surface area (Å²) in [4.78, 5) is 10.0. The first kappa shape index (κ1) is 15.1. The van der Waals surface area contributed by atoms with Crippen LogP contribution in [0.4, 0.5) is 11.4 Å². The van der Waals surface area contributed by atoms with Crippen molar-refractivity contribution >= 4 is 40.8 Å². The van der Waals surface area contributed by atoms with Gasteiger partial charge in [-0.15, -0.1) is 0 Å². The summed E-state index contributed by atoms with van der Waals surface area (Å²) in [6.45, 7) is 0. The van der Waals surface area contributed by atoms with E-state index >= 15 is 0 Å². The lowest BCUT2D eigenvalue weighted by molar-refractivity contribution is -0.384. The van der Waals surface area contributed by atoms with Gasteiger partial charge in [-0.2, -0.15) is 5.10 Å². The third-order valence-electron chi connectivity index (χ3n) is 2.53. The van der Waals surface area contributed by atoms with Gasteiger partial charge in [0, 0.05) is 22.7 Å². The number of hydrazone groups is 1. The Labute approximate surface area is 129 Å². The monoisotopic (exact) mass is 325 g/mol. The molecule has 2 aromatic rings. The number of hydrogen-bond donors (Lipinski definition) is 2. The van der Waals surface area contributed by atoms with Crippen molar-refractivity contribution in [2.24, 2.45) is 5.10 Å². The van der Waals surface area contributed by atoms with Gasteiger partial charge < -0.3 is 5.11 Å². The minimum absolute atomic E-state index is 0.0104. The SMILES string of the molecule is O=[N+]([O-])c1ccc(NN=Cc2cc(Cl)cc(Cl)c2O)cc1. The van der Waals surface area contributed by atoms with Crippen molar-refractivity contribution in [1.82, 2.24) is 0 Å². The second-order valence-corrected chi connectivity index (χ2v) is 4.84. The average Bonchev–Trinajstić information content (AvgIpc) is 2.44. The lowest BCUT2D eigenvalue weighted by atomic mass is 10.2. The Morgan fingerprint density at radius 1 is 1.24 bits per heavy atom. The van der Waals surface area contributed by atoms with Gasteiger partial charge >= 0.3 is 0 Å². The number of hydrogen-bond acceptors (Lipinski definition) is 5. The Bertz CT molecular complexity index is 703. The molecule has 0 radical (unpaired) electrons. The molecule has 0 amide bonds. The lowest BCUT2D eigenvalue weighted by Crippen LogP contribution is -1.92. The Morgan fingerprint density at radius 2 is 1.90 bits per heavy atom. The largest absolute Gasteiger partial charge is 0.506 e. The van der Waals surface area contributed by atoms with Crippen molar-refractivity contribution in [1.29, 1.82) is 0 Å². The van der Waals surface area contributed by atoms with Gasteiger partial charge in [-0.3, -0.25) is 15.5 Å². The van der Waals surface area contributed by atoms with E-state index in [1.54, 1.807) is 0 Å². The van der Waals surface area contributed by atoms with Gasteiger partial charge in [-0.25, -0.2) is 0 Å². The van der Waals surface area contributed by atoms with Crippen molar-refractivity contribution in [3.05, 3.63) is 62.1 Å². The van der Waals surface area contributed by atoms with Gasteiger partial charge in [-0.1, -0.05) is 23.2 Å². The van der Waals surface area contributed by atoms with Crippen molar-refractivity contribution < 1.29 is 10.0 Å². The molecule has 0 aliphatic carbocycles. The molecule has 0 aliphatic heterocycles. The zero-order chi connectivity index (χ0) is 15.4. The van der Waals surface area contributed by atoms with Crippen molar-refractivity contribution in [2.45, 2.75) is 0 Å². The number of rotatable bonds is 4. The number of anilines is 1. The fourth-order valence-corrected chi connectivity index (χ4v) is 2.03. The molecular weight excluding hydrogens is 317 g/mol. The molecule has 2 N–H and O–H groups in total. The second kappa shape index (κ2) is 6.43. The Morgan fingerprint density at radius 3 is 2.52 bits per heavy atom. The standard InChI is InChI=1S/C13H9Cl2N3O3/c14-9-5-8(13(19)12(15)6-9)7-16-17-10-1-3-11(4-2-10)18(20)21/h1-7,17,19H. The predicted molar refractivity (Wildman–Crippen MR) is 82.4 cm³/mol. The molecule has 2 aromatic carbocycles. The van der Waals surface area contributed by atoms with Gasteiger partial charge in [0.05, 0.1) is 21.8 Å². The molecular formula is C13H9Cl2N3O3. The smallest absolute Gasteiger partial charge is 0.269 e. The van der Waals surface area contributed by atoms with Gasteiger partial charge in [0.2, 0.25) is 0 Å². The average molecular weight is 326 g/mol. The highest BCUT2D eigenvalue weighted by Gasteiger charge is 2.06. The molecule has 108 valence electrons. The molecule has 0 atom stereocenters. The van der Waals surface area contributed by atoms with Crippen LogP contribution in [0.3, 0.4) is 0 Å². The molecule has 6 nitrogen and oxygen atoms in total. The zero-order valence-corrected chi connectivity index (χ0v) is 12.0. The van der Waals surface area contributed by atoms with Gasteiger partial charge in [0.1, 0.15) is 5.75 Å². The Kier molecular flexibility index (Phi) is 4.62. The topological polar surface area (TPSA) is 87.8 Å². The molecule has 2 rings (SSSR count). The van der Waals surface area contributed by atoms with E-state index in [2.05, 4.69) is 10.5 Å². The van der Waals surface area contributed by atoms with E-state index < -0.39 is 4.92 Å².